The van der Waals surface area contributed by atoms with Crippen molar-refractivity contribution in [3.05, 3.63) is 60.3 Å². The quantitative estimate of drug-likeness (QED) is 0.510. The van der Waals surface area contributed by atoms with Crippen molar-refractivity contribution in [2.75, 3.05) is 14.2 Å². The van der Waals surface area contributed by atoms with Gasteiger partial charge in [0, 0.05) is 35.0 Å². The third-order valence-electron chi connectivity index (χ3n) is 5.33. The number of rotatable bonds is 3. The summed E-state index contributed by atoms with van der Waals surface area (Å²) < 4.78 is 18.8. The van der Waals surface area contributed by atoms with E-state index in [9.17, 15) is 0 Å². The van der Waals surface area contributed by atoms with Gasteiger partial charge in [-0.05, 0) is 50.2 Å². The number of fused-ring (bicyclic) bond motifs is 5. The van der Waals surface area contributed by atoms with Gasteiger partial charge in [0.2, 0.25) is 0 Å². The Morgan fingerprint density at radius 3 is 2.38 bits per heavy atom. The lowest BCUT2D eigenvalue weighted by atomic mass is 9.91. The van der Waals surface area contributed by atoms with Gasteiger partial charge in [0.05, 0.1) is 25.6 Å². The Labute approximate surface area is 168 Å². The number of hydrogen-bond donors (Lipinski definition) is 0. The smallest absolute Gasteiger partial charge is 0.156 e. The largest absolute Gasteiger partial charge is 0.497 e. The number of ether oxygens (including phenoxy) is 3. The average Bonchev–Trinajstić information content (AvgIpc) is 3.17. The van der Waals surface area contributed by atoms with Crippen LogP contribution in [0.2, 0.25) is 0 Å². The van der Waals surface area contributed by atoms with Crippen LogP contribution < -0.4 is 14.2 Å². The first-order valence-corrected chi connectivity index (χ1v) is 9.41. The molecular formula is C23H21N3O3. The summed E-state index contributed by atoms with van der Waals surface area (Å²) in [4.78, 5) is 4.65. The van der Waals surface area contributed by atoms with Crippen molar-refractivity contribution < 1.29 is 14.2 Å². The van der Waals surface area contributed by atoms with E-state index in [0.717, 1.165) is 51.0 Å². The molecule has 5 rings (SSSR count). The molecule has 0 aliphatic carbocycles. The number of nitrogens with zero attached hydrogens (tertiary/aromatic N) is 3. The first-order chi connectivity index (χ1) is 14.0. The number of aromatic nitrogens is 3. The van der Waals surface area contributed by atoms with Gasteiger partial charge in [-0.15, -0.1) is 0 Å². The van der Waals surface area contributed by atoms with Gasteiger partial charge in [-0.25, -0.2) is 9.50 Å². The van der Waals surface area contributed by atoms with E-state index in [1.165, 1.54) is 0 Å². The topological polar surface area (TPSA) is 57.9 Å². The zero-order valence-electron chi connectivity index (χ0n) is 16.8. The van der Waals surface area contributed by atoms with Crippen LogP contribution in [-0.4, -0.2) is 28.8 Å². The van der Waals surface area contributed by atoms with Gasteiger partial charge < -0.3 is 14.2 Å². The highest BCUT2D eigenvalue weighted by Crippen LogP contribution is 2.46. The Morgan fingerprint density at radius 2 is 1.66 bits per heavy atom. The second-order valence-corrected chi connectivity index (χ2v) is 7.52. The van der Waals surface area contributed by atoms with E-state index >= 15 is 0 Å². The molecule has 6 nitrogen and oxygen atoms in total. The maximum absolute atomic E-state index is 6.28. The molecule has 29 heavy (non-hydrogen) atoms. The fourth-order valence-corrected chi connectivity index (χ4v) is 3.78. The second kappa shape index (κ2) is 6.24. The molecule has 4 aromatic rings. The number of benzene rings is 2. The van der Waals surface area contributed by atoms with E-state index < -0.39 is 5.60 Å². The van der Waals surface area contributed by atoms with E-state index in [1.54, 1.807) is 14.2 Å². The maximum Gasteiger partial charge on any atom is 0.156 e. The first-order valence-electron chi connectivity index (χ1n) is 9.41. The van der Waals surface area contributed by atoms with Crippen LogP contribution >= 0.6 is 0 Å². The lowest BCUT2D eigenvalue weighted by molar-refractivity contribution is 0.104. The highest BCUT2D eigenvalue weighted by Gasteiger charge is 2.35. The average molecular weight is 387 g/mol. The van der Waals surface area contributed by atoms with E-state index in [4.69, 9.17) is 19.3 Å². The Morgan fingerprint density at radius 1 is 0.931 bits per heavy atom. The SMILES string of the molecule is COc1ccc(-c2cc3ncc4c(n3n2)-c2ccc(OC)cc2OC4(C)C)cc1. The van der Waals surface area contributed by atoms with Crippen molar-refractivity contribution in [1.82, 2.24) is 14.6 Å². The molecule has 0 saturated carbocycles. The summed E-state index contributed by atoms with van der Waals surface area (Å²) in [6.45, 7) is 4.07. The third kappa shape index (κ3) is 2.71. The van der Waals surface area contributed by atoms with Crippen molar-refractivity contribution in [2.45, 2.75) is 19.4 Å². The standard InChI is InChI=1S/C23H21N3O3/c1-23(2)18-13-24-21-12-19(14-5-7-15(27-3)8-6-14)25-26(21)22(18)17-10-9-16(28-4)11-20(17)29-23/h5-13H,1-4H3. The highest BCUT2D eigenvalue weighted by atomic mass is 16.5. The molecule has 0 fully saturated rings. The molecule has 0 spiro atoms. The van der Waals surface area contributed by atoms with Crippen LogP contribution in [0, 0.1) is 0 Å². The lowest BCUT2D eigenvalue weighted by Crippen LogP contribution is -2.30. The van der Waals surface area contributed by atoms with Crippen molar-refractivity contribution in [1.29, 1.82) is 0 Å². The molecule has 0 bridgehead atoms. The molecule has 0 radical (unpaired) electrons. The Bertz CT molecular complexity index is 1230. The second-order valence-electron chi connectivity index (χ2n) is 7.52. The van der Waals surface area contributed by atoms with Gasteiger partial charge in [-0.2, -0.15) is 5.10 Å². The zero-order valence-corrected chi connectivity index (χ0v) is 16.8. The van der Waals surface area contributed by atoms with Gasteiger partial charge in [0.1, 0.15) is 22.8 Å². The molecule has 0 atom stereocenters. The van der Waals surface area contributed by atoms with Crippen LogP contribution in [0.5, 0.6) is 17.2 Å². The highest BCUT2D eigenvalue weighted by molar-refractivity contribution is 5.77. The molecule has 1 aliphatic rings. The predicted octanol–water partition coefficient (Wildman–Crippen LogP) is 4.71. The summed E-state index contributed by atoms with van der Waals surface area (Å²) in [5, 5.41) is 4.89. The van der Waals surface area contributed by atoms with Gasteiger partial charge in [-0.1, -0.05) is 0 Å². The molecule has 2 aromatic heterocycles. The monoisotopic (exact) mass is 387 g/mol. The molecule has 6 heteroatoms. The fourth-order valence-electron chi connectivity index (χ4n) is 3.78. The Kier molecular flexibility index (Phi) is 3.77. The zero-order chi connectivity index (χ0) is 20.2. The predicted molar refractivity (Wildman–Crippen MR) is 111 cm³/mol. The molecular weight excluding hydrogens is 366 g/mol. The summed E-state index contributed by atoms with van der Waals surface area (Å²) in [5.41, 5.74) is 5.06. The number of methoxy groups -OCH3 is 2. The maximum atomic E-state index is 6.28. The van der Waals surface area contributed by atoms with Crippen LogP contribution in [0.25, 0.3) is 28.2 Å². The van der Waals surface area contributed by atoms with E-state index in [0.29, 0.717) is 0 Å². The summed E-state index contributed by atoms with van der Waals surface area (Å²) in [5.74, 6) is 2.35. The van der Waals surface area contributed by atoms with Crippen molar-refractivity contribution in [3.8, 4) is 39.8 Å². The van der Waals surface area contributed by atoms with Crippen LogP contribution in [-0.2, 0) is 5.60 Å². The summed E-state index contributed by atoms with van der Waals surface area (Å²) in [7, 11) is 3.31. The molecule has 146 valence electrons. The van der Waals surface area contributed by atoms with Crippen LogP contribution in [0.15, 0.2) is 54.7 Å². The van der Waals surface area contributed by atoms with E-state index in [1.807, 2.05) is 73.1 Å². The van der Waals surface area contributed by atoms with Crippen LogP contribution in [0.3, 0.4) is 0 Å². The van der Waals surface area contributed by atoms with Gasteiger partial charge in [0.15, 0.2) is 5.65 Å². The van der Waals surface area contributed by atoms with Gasteiger partial charge in [0.25, 0.3) is 0 Å². The summed E-state index contributed by atoms with van der Waals surface area (Å²) >= 11 is 0. The molecule has 2 aromatic carbocycles. The first kappa shape index (κ1) is 17.6. The van der Waals surface area contributed by atoms with E-state index in [-0.39, 0.29) is 0 Å². The summed E-state index contributed by atoms with van der Waals surface area (Å²) in [6.07, 6.45) is 1.89. The Balaban J connectivity index is 1.74. The molecule has 0 N–H and O–H groups in total. The number of hydrogen-bond acceptors (Lipinski definition) is 5. The van der Waals surface area contributed by atoms with Crippen LogP contribution in [0.1, 0.15) is 19.4 Å². The van der Waals surface area contributed by atoms with Crippen molar-refractivity contribution in [2.24, 2.45) is 0 Å². The molecule has 3 heterocycles. The molecule has 0 saturated heterocycles. The minimum atomic E-state index is -0.540. The third-order valence-corrected chi connectivity index (χ3v) is 5.33. The minimum Gasteiger partial charge on any atom is -0.497 e. The summed E-state index contributed by atoms with van der Waals surface area (Å²) in [6, 6.07) is 15.7. The lowest BCUT2D eigenvalue weighted by Gasteiger charge is -2.34. The molecule has 0 amide bonds. The normalized spacial score (nSPS) is 14.1. The molecule has 0 unspecified atom stereocenters. The molecule has 1 aliphatic heterocycles. The Hall–Kier alpha value is -3.54. The van der Waals surface area contributed by atoms with Crippen molar-refractivity contribution >= 4 is 5.65 Å². The minimum absolute atomic E-state index is 0.540. The van der Waals surface area contributed by atoms with E-state index in [2.05, 4.69) is 4.98 Å². The van der Waals surface area contributed by atoms with Crippen LogP contribution in [0.4, 0.5) is 0 Å². The van der Waals surface area contributed by atoms with Gasteiger partial charge in [-0.3, -0.25) is 0 Å². The van der Waals surface area contributed by atoms with Crippen molar-refractivity contribution in [3.63, 3.8) is 0 Å². The van der Waals surface area contributed by atoms with Gasteiger partial charge >= 0.3 is 0 Å². The fraction of sp³-hybridized carbons (Fsp3) is 0.217.